The Morgan fingerprint density at radius 2 is 2.10 bits per heavy atom. The molecule has 0 spiro atoms. The summed E-state index contributed by atoms with van der Waals surface area (Å²) in [6, 6.07) is 10.7. The SMILES string of the molecule is CCCC1CC1NS(=O)(=O)c1cccc2cc(N)ccc12. The molecule has 2 aromatic rings. The highest BCUT2D eigenvalue weighted by atomic mass is 32.2. The van der Waals surface area contributed by atoms with Gasteiger partial charge in [0.1, 0.15) is 0 Å². The Bertz CT molecular complexity index is 771. The Morgan fingerprint density at radius 1 is 1.29 bits per heavy atom. The van der Waals surface area contributed by atoms with Crippen molar-refractivity contribution in [1.29, 1.82) is 0 Å². The van der Waals surface area contributed by atoms with Gasteiger partial charge in [-0.15, -0.1) is 0 Å². The van der Waals surface area contributed by atoms with Gasteiger partial charge in [0.15, 0.2) is 0 Å². The van der Waals surface area contributed by atoms with Gasteiger partial charge in [-0.2, -0.15) is 0 Å². The lowest BCUT2D eigenvalue weighted by Gasteiger charge is -2.10. The van der Waals surface area contributed by atoms with E-state index in [9.17, 15) is 8.42 Å². The Morgan fingerprint density at radius 3 is 2.86 bits per heavy atom. The molecule has 0 amide bonds. The van der Waals surface area contributed by atoms with E-state index in [4.69, 9.17) is 5.73 Å². The van der Waals surface area contributed by atoms with Crippen molar-refractivity contribution in [3.05, 3.63) is 36.4 Å². The number of rotatable bonds is 5. The van der Waals surface area contributed by atoms with E-state index in [0.717, 1.165) is 24.6 Å². The summed E-state index contributed by atoms with van der Waals surface area (Å²) in [6.07, 6.45) is 3.13. The van der Waals surface area contributed by atoms with Crippen molar-refractivity contribution >= 4 is 26.5 Å². The molecule has 0 heterocycles. The van der Waals surface area contributed by atoms with E-state index in [1.807, 2.05) is 6.07 Å². The summed E-state index contributed by atoms with van der Waals surface area (Å²) < 4.78 is 28.0. The molecular weight excluding hydrogens is 284 g/mol. The lowest BCUT2D eigenvalue weighted by molar-refractivity contribution is 0.574. The van der Waals surface area contributed by atoms with Crippen molar-refractivity contribution < 1.29 is 8.42 Å². The van der Waals surface area contributed by atoms with Gasteiger partial charge < -0.3 is 5.73 Å². The van der Waals surface area contributed by atoms with E-state index in [1.54, 1.807) is 30.3 Å². The minimum atomic E-state index is -3.48. The maximum Gasteiger partial charge on any atom is 0.241 e. The lowest BCUT2D eigenvalue weighted by atomic mass is 10.1. The first kappa shape index (κ1) is 14.4. The highest BCUT2D eigenvalue weighted by Gasteiger charge is 2.39. The number of nitrogen functional groups attached to an aromatic ring is 1. The average molecular weight is 304 g/mol. The van der Waals surface area contributed by atoms with Gasteiger partial charge in [-0.1, -0.05) is 31.5 Å². The van der Waals surface area contributed by atoms with Crippen LogP contribution < -0.4 is 10.5 Å². The van der Waals surface area contributed by atoms with Gasteiger partial charge >= 0.3 is 0 Å². The van der Waals surface area contributed by atoms with Crippen molar-refractivity contribution in [3.63, 3.8) is 0 Å². The normalized spacial score (nSPS) is 21.6. The number of sulfonamides is 1. The summed E-state index contributed by atoms with van der Waals surface area (Å²) in [5.74, 6) is 0.496. The molecule has 5 heteroatoms. The van der Waals surface area contributed by atoms with Crippen molar-refractivity contribution in [1.82, 2.24) is 4.72 Å². The number of hydrogen-bond donors (Lipinski definition) is 2. The molecule has 0 bridgehead atoms. The molecule has 0 saturated heterocycles. The molecule has 2 aromatic carbocycles. The zero-order valence-electron chi connectivity index (χ0n) is 12.0. The third kappa shape index (κ3) is 2.89. The molecule has 1 aliphatic rings. The minimum absolute atomic E-state index is 0.0963. The van der Waals surface area contributed by atoms with Gasteiger partial charge in [0.25, 0.3) is 0 Å². The van der Waals surface area contributed by atoms with Crippen molar-refractivity contribution in [3.8, 4) is 0 Å². The van der Waals surface area contributed by atoms with Crippen molar-refractivity contribution in [2.45, 2.75) is 37.1 Å². The highest BCUT2D eigenvalue weighted by Crippen LogP contribution is 2.36. The second-order valence-corrected chi connectivity index (χ2v) is 7.43. The minimum Gasteiger partial charge on any atom is -0.399 e. The van der Waals surface area contributed by atoms with Crippen LogP contribution in [0.5, 0.6) is 0 Å². The monoisotopic (exact) mass is 304 g/mol. The summed E-state index contributed by atoms with van der Waals surface area (Å²) in [5.41, 5.74) is 6.39. The quantitative estimate of drug-likeness (QED) is 0.834. The predicted molar refractivity (Wildman–Crippen MR) is 85.5 cm³/mol. The molecule has 112 valence electrons. The molecule has 3 N–H and O–H groups in total. The lowest BCUT2D eigenvalue weighted by Crippen LogP contribution is -2.27. The van der Waals surface area contributed by atoms with Crippen LogP contribution in [0.3, 0.4) is 0 Å². The summed E-state index contributed by atoms with van der Waals surface area (Å²) in [6.45, 7) is 2.12. The van der Waals surface area contributed by atoms with E-state index >= 15 is 0 Å². The van der Waals surface area contributed by atoms with Gasteiger partial charge in [0, 0.05) is 17.1 Å². The molecule has 0 radical (unpaired) electrons. The van der Waals surface area contributed by atoms with Crippen LogP contribution in [0.4, 0.5) is 5.69 Å². The number of benzene rings is 2. The van der Waals surface area contributed by atoms with E-state index in [-0.39, 0.29) is 6.04 Å². The van der Waals surface area contributed by atoms with Crippen molar-refractivity contribution in [2.75, 3.05) is 5.73 Å². The topological polar surface area (TPSA) is 72.2 Å². The molecular formula is C16H20N2O2S. The van der Waals surface area contributed by atoms with Crippen LogP contribution >= 0.6 is 0 Å². The maximum absolute atomic E-state index is 12.6. The third-order valence-electron chi connectivity index (χ3n) is 4.04. The Balaban J connectivity index is 1.92. The molecule has 3 rings (SSSR count). The smallest absolute Gasteiger partial charge is 0.241 e. The second kappa shape index (κ2) is 5.31. The maximum atomic E-state index is 12.6. The average Bonchev–Trinajstić information content (AvgIpc) is 3.15. The van der Waals surface area contributed by atoms with Crippen LogP contribution in [-0.4, -0.2) is 14.5 Å². The van der Waals surface area contributed by atoms with Gasteiger partial charge in [-0.05, 0) is 42.3 Å². The standard InChI is InChI=1S/C16H20N2O2S/c1-2-4-12-10-15(12)18-21(19,20)16-6-3-5-11-9-13(17)7-8-14(11)16/h3,5-9,12,15,18H,2,4,10,17H2,1H3. The summed E-state index contributed by atoms with van der Waals surface area (Å²) >= 11 is 0. The third-order valence-corrected chi connectivity index (χ3v) is 5.59. The first-order valence-corrected chi connectivity index (χ1v) is 8.80. The van der Waals surface area contributed by atoms with Crippen molar-refractivity contribution in [2.24, 2.45) is 5.92 Å². The molecule has 1 fully saturated rings. The fraction of sp³-hybridized carbons (Fsp3) is 0.375. The molecule has 4 nitrogen and oxygen atoms in total. The number of hydrogen-bond acceptors (Lipinski definition) is 3. The Kier molecular flexibility index (Phi) is 3.63. The fourth-order valence-corrected chi connectivity index (χ4v) is 4.40. The fourth-order valence-electron chi connectivity index (χ4n) is 2.85. The van der Waals surface area contributed by atoms with Crippen LogP contribution in [0.1, 0.15) is 26.2 Å². The molecule has 1 saturated carbocycles. The van der Waals surface area contributed by atoms with E-state index in [2.05, 4.69) is 11.6 Å². The summed E-state index contributed by atoms with van der Waals surface area (Å²) in [4.78, 5) is 0.335. The van der Waals surface area contributed by atoms with Crippen LogP contribution in [0.15, 0.2) is 41.3 Å². The molecule has 2 atom stereocenters. The largest absolute Gasteiger partial charge is 0.399 e. The van der Waals surface area contributed by atoms with E-state index in [0.29, 0.717) is 21.9 Å². The Labute approximate surface area is 125 Å². The van der Waals surface area contributed by atoms with Gasteiger partial charge in [-0.25, -0.2) is 13.1 Å². The number of anilines is 1. The molecule has 2 unspecified atom stereocenters. The van der Waals surface area contributed by atoms with E-state index in [1.165, 1.54) is 0 Å². The number of fused-ring (bicyclic) bond motifs is 1. The van der Waals surface area contributed by atoms with E-state index < -0.39 is 10.0 Å². The van der Waals surface area contributed by atoms with Crippen LogP contribution in [0.25, 0.3) is 10.8 Å². The molecule has 1 aliphatic carbocycles. The summed E-state index contributed by atoms with van der Waals surface area (Å²) in [7, 11) is -3.48. The molecule has 0 aromatic heterocycles. The highest BCUT2D eigenvalue weighted by molar-refractivity contribution is 7.89. The van der Waals surface area contributed by atoms with Gasteiger partial charge in [0.2, 0.25) is 10.0 Å². The Hall–Kier alpha value is -1.59. The first-order valence-electron chi connectivity index (χ1n) is 7.32. The number of nitrogens with one attached hydrogen (secondary N) is 1. The van der Waals surface area contributed by atoms with Crippen LogP contribution in [0, 0.1) is 5.92 Å². The van der Waals surface area contributed by atoms with Crippen LogP contribution in [-0.2, 0) is 10.0 Å². The van der Waals surface area contributed by atoms with Gasteiger partial charge in [-0.3, -0.25) is 0 Å². The number of nitrogens with two attached hydrogens (primary N) is 1. The predicted octanol–water partition coefficient (Wildman–Crippen LogP) is 2.89. The second-order valence-electron chi connectivity index (χ2n) is 5.75. The molecule has 0 aliphatic heterocycles. The first-order chi connectivity index (χ1) is 10.0. The van der Waals surface area contributed by atoms with Gasteiger partial charge in [0.05, 0.1) is 4.90 Å². The zero-order chi connectivity index (χ0) is 15.0. The van der Waals surface area contributed by atoms with Crippen LogP contribution in [0.2, 0.25) is 0 Å². The zero-order valence-corrected chi connectivity index (χ0v) is 12.9. The molecule has 21 heavy (non-hydrogen) atoms. The summed E-state index contributed by atoms with van der Waals surface area (Å²) in [5, 5.41) is 1.56.